The molecular formula is C50H42N4OSe. The van der Waals surface area contributed by atoms with E-state index in [1.165, 1.54) is 41.3 Å². The minimum absolute atomic E-state index is 0.00471. The van der Waals surface area contributed by atoms with Crippen LogP contribution in [-0.2, 0) is 10.8 Å². The van der Waals surface area contributed by atoms with Crippen LogP contribution in [0.15, 0.2) is 146 Å². The molecule has 5 nitrogen and oxygen atoms in total. The molecule has 0 saturated carbocycles. The van der Waals surface area contributed by atoms with Gasteiger partial charge in [-0.05, 0) is 29.2 Å². The second kappa shape index (κ2) is 12.8. The number of hydrogen-bond acceptors (Lipinski definition) is 2. The van der Waals surface area contributed by atoms with Crippen molar-refractivity contribution >= 4 is 66.6 Å². The van der Waals surface area contributed by atoms with Gasteiger partial charge in [0.1, 0.15) is 5.82 Å². The SMILES string of the molecule is CC(C)(C)c1cc(Oc2ccc3c4ccccc4n(-c4cc(C(C)(C)C)ccn4)c3c2)cc(-n2[c-][n+](-c3ccccc3)c3c4[se]c5ccccc5c4ccc32)c1. The molecule has 0 aliphatic rings. The third-order valence-corrected chi connectivity index (χ3v) is 13.4. The summed E-state index contributed by atoms with van der Waals surface area (Å²) < 4.78 is 16.5. The van der Waals surface area contributed by atoms with E-state index >= 15 is 0 Å². The predicted octanol–water partition coefficient (Wildman–Crippen LogP) is 12.0. The molecule has 0 bridgehead atoms. The monoisotopic (exact) mass is 794 g/mol. The molecule has 0 fully saturated rings. The molecule has 10 aromatic rings. The zero-order valence-corrected chi connectivity index (χ0v) is 34.2. The fourth-order valence-electron chi connectivity index (χ4n) is 7.93. The van der Waals surface area contributed by atoms with Crippen LogP contribution in [0.25, 0.3) is 69.3 Å². The summed E-state index contributed by atoms with van der Waals surface area (Å²) in [6.07, 6.45) is 5.73. The maximum absolute atomic E-state index is 6.90. The van der Waals surface area contributed by atoms with Gasteiger partial charge in [-0.25, -0.2) is 4.98 Å². The van der Waals surface area contributed by atoms with Crippen molar-refractivity contribution in [2.45, 2.75) is 52.4 Å². The summed E-state index contributed by atoms with van der Waals surface area (Å²) in [4.78, 5) is 4.89. The molecule has 0 radical (unpaired) electrons. The fourth-order valence-corrected chi connectivity index (χ4v) is 10.5. The first-order valence-corrected chi connectivity index (χ1v) is 20.9. The maximum atomic E-state index is 6.90. The molecular weight excluding hydrogens is 752 g/mol. The molecule has 6 aromatic carbocycles. The first-order chi connectivity index (χ1) is 27.0. The molecule has 0 unspecified atom stereocenters. The van der Waals surface area contributed by atoms with Crippen molar-refractivity contribution < 1.29 is 9.30 Å². The number of benzene rings is 6. The summed E-state index contributed by atoms with van der Waals surface area (Å²) in [6, 6.07) is 50.0. The van der Waals surface area contributed by atoms with Gasteiger partial charge in [0.05, 0.1) is 5.52 Å². The van der Waals surface area contributed by atoms with Crippen molar-refractivity contribution in [3.8, 4) is 28.7 Å². The van der Waals surface area contributed by atoms with Crippen LogP contribution in [0.1, 0.15) is 52.7 Å². The van der Waals surface area contributed by atoms with Crippen molar-refractivity contribution in [3.63, 3.8) is 0 Å². The summed E-state index contributed by atoms with van der Waals surface area (Å²) in [5, 5.41) is 5.02. The van der Waals surface area contributed by atoms with Crippen molar-refractivity contribution in [2.24, 2.45) is 0 Å². The van der Waals surface area contributed by atoms with Gasteiger partial charge in [0.2, 0.25) is 0 Å². The van der Waals surface area contributed by atoms with Crippen LogP contribution in [0.4, 0.5) is 0 Å². The van der Waals surface area contributed by atoms with Crippen LogP contribution in [0.2, 0.25) is 0 Å². The number of ether oxygens (including phenoxy) is 1. The van der Waals surface area contributed by atoms with Crippen molar-refractivity contribution in [2.75, 3.05) is 0 Å². The van der Waals surface area contributed by atoms with Crippen LogP contribution >= 0.6 is 0 Å². The van der Waals surface area contributed by atoms with E-state index in [4.69, 9.17) is 9.72 Å². The van der Waals surface area contributed by atoms with Crippen LogP contribution < -0.4 is 9.30 Å². The molecule has 6 heteroatoms. The molecule has 0 atom stereocenters. The van der Waals surface area contributed by atoms with E-state index in [2.05, 4.69) is 201 Å². The number of imidazole rings is 1. The number of rotatable bonds is 5. The van der Waals surface area contributed by atoms with Gasteiger partial charge in [-0.2, -0.15) is 0 Å². The number of para-hydroxylation sites is 2. The minimum atomic E-state index is -0.126. The van der Waals surface area contributed by atoms with Gasteiger partial charge in [-0.1, -0.05) is 39.0 Å². The Labute approximate surface area is 332 Å². The van der Waals surface area contributed by atoms with Crippen LogP contribution in [0.5, 0.6) is 11.5 Å². The van der Waals surface area contributed by atoms with Crippen LogP contribution in [0.3, 0.4) is 0 Å². The molecule has 0 aliphatic carbocycles. The van der Waals surface area contributed by atoms with Gasteiger partial charge in [0.15, 0.2) is 0 Å². The Hall–Kier alpha value is -5.94. The Morgan fingerprint density at radius 1 is 0.589 bits per heavy atom. The topological polar surface area (TPSA) is 35.9 Å². The second-order valence-electron chi connectivity index (χ2n) is 16.8. The first kappa shape index (κ1) is 34.5. The summed E-state index contributed by atoms with van der Waals surface area (Å²) in [5.74, 6) is 2.45. The Morgan fingerprint density at radius 3 is 2.11 bits per heavy atom. The van der Waals surface area contributed by atoms with E-state index in [0.717, 1.165) is 50.6 Å². The standard InChI is InChI=1S/C50H42N4OSe/c1-49(2,3)32-24-25-51-46(28-32)54-42-18-12-10-16-38(42)39-21-20-36(30-44(39)54)55-37-27-33(50(4,5)6)26-35(29-37)52-31-53(34-14-8-7-9-15-34)47-43(52)23-22-41-40-17-11-13-19-45(40)56-48(41)47/h7-30H,1-6H3. The van der Waals surface area contributed by atoms with Crippen molar-refractivity contribution in [1.29, 1.82) is 0 Å². The Kier molecular flexibility index (Phi) is 7.90. The zero-order chi connectivity index (χ0) is 38.3. The molecule has 56 heavy (non-hydrogen) atoms. The molecule has 0 spiro atoms. The number of fused-ring (bicyclic) bond motifs is 8. The predicted molar refractivity (Wildman–Crippen MR) is 232 cm³/mol. The van der Waals surface area contributed by atoms with E-state index < -0.39 is 0 Å². The summed E-state index contributed by atoms with van der Waals surface area (Å²) in [7, 11) is 0. The van der Waals surface area contributed by atoms with Gasteiger partial charge in [0, 0.05) is 11.6 Å². The van der Waals surface area contributed by atoms with Gasteiger partial charge < -0.3 is 0 Å². The summed E-state index contributed by atoms with van der Waals surface area (Å²) in [6.45, 7) is 13.5. The number of pyridine rings is 1. The average molecular weight is 794 g/mol. The number of aromatic nitrogens is 4. The quantitative estimate of drug-likeness (QED) is 0.0988. The van der Waals surface area contributed by atoms with E-state index in [1.807, 2.05) is 6.20 Å². The summed E-state index contributed by atoms with van der Waals surface area (Å²) in [5.41, 5.74) is 8.89. The third-order valence-electron chi connectivity index (χ3n) is 10.9. The molecule has 0 N–H and O–H groups in total. The van der Waals surface area contributed by atoms with E-state index in [-0.39, 0.29) is 25.3 Å². The van der Waals surface area contributed by atoms with Crippen molar-refractivity contribution in [1.82, 2.24) is 14.1 Å². The van der Waals surface area contributed by atoms with Gasteiger partial charge in [-0.3, -0.25) is 0 Å². The summed E-state index contributed by atoms with van der Waals surface area (Å²) >= 11 is 0.175. The molecule has 0 saturated heterocycles. The third kappa shape index (κ3) is 5.75. The van der Waals surface area contributed by atoms with E-state index in [9.17, 15) is 0 Å². The van der Waals surface area contributed by atoms with Crippen LogP contribution in [0, 0.1) is 6.33 Å². The molecule has 274 valence electrons. The molecule has 0 aliphatic heterocycles. The molecule has 10 rings (SSSR count). The molecule has 4 heterocycles. The normalized spacial score (nSPS) is 12.5. The second-order valence-corrected chi connectivity index (χ2v) is 19.0. The zero-order valence-electron chi connectivity index (χ0n) is 32.5. The Bertz CT molecular complexity index is 3140. The van der Waals surface area contributed by atoms with Crippen molar-refractivity contribution in [3.05, 3.63) is 163 Å². The number of nitrogens with zero attached hydrogens (tertiary/aromatic N) is 4. The van der Waals surface area contributed by atoms with Gasteiger partial charge in [-0.15, -0.1) is 0 Å². The Morgan fingerprint density at radius 2 is 1.30 bits per heavy atom. The van der Waals surface area contributed by atoms with Gasteiger partial charge >= 0.3 is 238 Å². The van der Waals surface area contributed by atoms with E-state index in [0.29, 0.717) is 0 Å². The first-order valence-electron chi connectivity index (χ1n) is 19.2. The van der Waals surface area contributed by atoms with Crippen LogP contribution in [-0.4, -0.2) is 28.6 Å². The Balaban J connectivity index is 1.15. The average Bonchev–Trinajstić information content (AvgIpc) is 3.87. The van der Waals surface area contributed by atoms with Gasteiger partial charge in [0.25, 0.3) is 0 Å². The number of hydrogen-bond donors (Lipinski definition) is 0. The molecule has 4 aromatic heterocycles. The molecule has 0 amide bonds. The van der Waals surface area contributed by atoms with E-state index in [1.54, 1.807) is 0 Å². The fraction of sp³-hybridized carbons (Fsp3) is 0.160.